The number of aromatic nitrogens is 2. The molecule has 0 radical (unpaired) electrons. The number of pyridine rings is 1. The van der Waals surface area contributed by atoms with Crippen LogP contribution in [0.15, 0.2) is 47.2 Å². The number of hydrogen-bond donors (Lipinski definition) is 1. The van der Waals surface area contributed by atoms with Gasteiger partial charge in [0.15, 0.2) is 0 Å². The molecule has 0 spiro atoms. The second-order valence-electron chi connectivity index (χ2n) is 4.14. The maximum Gasteiger partial charge on any atom is 0.230 e. The van der Waals surface area contributed by atoms with Gasteiger partial charge in [0.1, 0.15) is 5.69 Å². The Hall–Kier alpha value is -1.60. The van der Waals surface area contributed by atoms with Crippen LogP contribution in [0.5, 0.6) is 0 Å². The zero-order chi connectivity index (χ0) is 14.1. The Bertz CT molecular complexity index is 758. The Morgan fingerprint density at radius 1 is 1.25 bits per heavy atom. The third-order valence-electron chi connectivity index (χ3n) is 2.85. The summed E-state index contributed by atoms with van der Waals surface area (Å²) in [5, 5.41) is 4.71. The van der Waals surface area contributed by atoms with Gasteiger partial charge in [-0.05, 0) is 46.9 Å². The summed E-state index contributed by atoms with van der Waals surface area (Å²) in [6.07, 6.45) is 3.43. The molecular weight excluding hydrogens is 389 g/mol. The van der Waals surface area contributed by atoms with Crippen LogP contribution in [-0.4, -0.2) is 10.1 Å². The molecule has 0 amide bonds. The molecule has 0 unspecified atom stereocenters. The normalized spacial score (nSPS) is 10.7. The molecule has 1 aromatic carbocycles. The number of rotatable bonds is 2. The minimum absolute atomic E-state index is 0.267. The molecule has 6 heteroatoms. The monoisotopic (exact) mass is 397 g/mol. The largest absolute Gasteiger partial charge is 0.367 e. The third-order valence-corrected chi connectivity index (χ3v) is 4.03. The van der Waals surface area contributed by atoms with Gasteiger partial charge >= 0.3 is 0 Å². The van der Waals surface area contributed by atoms with E-state index < -0.39 is 0 Å². The van der Waals surface area contributed by atoms with Gasteiger partial charge in [0.05, 0.1) is 5.56 Å². The number of halogens is 2. The molecule has 0 saturated carbocycles. The summed E-state index contributed by atoms with van der Waals surface area (Å²) in [5.74, 6) is 0.267. The standard InChI is InChI=1S/C14H9ClIN3O/c15-9-3-4-11(16)10(6-9)13-12(14(17)20-19-13)8-2-1-5-18-7-8/h1-7H,17H2. The van der Waals surface area contributed by atoms with Crippen molar-refractivity contribution in [2.45, 2.75) is 0 Å². The molecule has 2 N–H and O–H groups in total. The maximum atomic E-state index is 6.07. The zero-order valence-electron chi connectivity index (χ0n) is 10.2. The molecule has 0 aliphatic carbocycles. The third kappa shape index (κ3) is 2.38. The Labute approximate surface area is 134 Å². The van der Waals surface area contributed by atoms with Crippen LogP contribution in [0.2, 0.25) is 5.02 Å². The highest BCUT2D eigenvalue weighted by Gasteiger charge is 2.19. The molecule has 0 bridgehead atoms. The van der Waals surface area contributed by atoms with Gasteiger partial charge in [-0.3, -0.25) is 4.98 Å². The van der Waals surface area contributed by atoms with Gasteiger partial charge < -0.3 is 10.3 Å². The van der Waals surface area contributed by atoms with E-state index >= 15 is 0 Å². The number of anilines is 1. The summed E-state index contributed by atoms with van der Waals surface area (Å²) in [6, 6.07) is 9.36. The summed E-state index contributed by atoms with van der Waals surface area (Å²) in [5.41, 5.74) is 9.05. The second-order valence-corrected chi connectivity index (χ2v) is 5.73. The van der Waals surface area contributed by atoms with Crippen molar-refractivity contribution in [1.29, 1.82) is 0 Å². The number of nitrogens with zero attached hydrogens (tertiary/aromatic N) is 2. The van der Waals surface area contributed by atoms with E-state index in [1.54, 1.807) is 12.4 Å². The predicted molar refractivity (Wildman–Crippen MR) is 87.3 cm³/mol. The van der Waals surface area contributed by atoms with E-state index in [1.165, 1.54) is 0 Å². The highest BCUT2D eigenvalue weighted by Crippen LogP contribution is 2.38. The van der Waals surface area contributed by atoms with Crippen LogP contribution in [0.25, 0.3) is 22.4 Å². The van der Waals surface area contributed by atoms with Crippen molar-refractivity contribution >= 4 is 40.1 Å². The SMILES string of the molecule is Nc1onc(-c2cc(Cl)ccc2I)c1-c1cccnc1. The molecular formula is C14H9ClIN3O. The number of hydrogen-bond acceptors (Lipinski definition) is 4. The summed E-state index contributed by atoms with van der Waals surface area (Å²) in [6.45, 7) is 0. The molecule has 0 aliphatic rings. The highest BCUT2D eigenvalue weighted by atomic mass is 127. The Balaban J connectivity index is 2.24. The zero-order valence-corrected chi connectivity index (χ0v) is 13.1. The number of nitrogens with two attached hydrogens (primary N) is 1. The minimum Gasteiger partial charge on any atom is -0.367 e. The molecule has 0 atom stereocenters. The van der Waals surface area contributed by atoms with Gasteiger partial charge in [0.25, 0.3) is 0 Å². The molecule has 20 heavy (non-hydrogen) atoms. The maximum absolute atomic E-state index is 6.07. The lowest BCUT2D eigenvalue weighted by Crippen LogP contribution is -1.90. The predicted octanol–water partition coefficient (Wildman–Crippen LogP) is 4.24. The molecule has 3 rings (SSSR count). The van der Waals surface area contributed by atoms with Gasteiger partial charge in [0, 0.05) is 32.1 Å². The quantitative estimate of drug-likeness (QED) is 0.657. The van der Waals surface area contributed by atoms with E-state index in [0.29, 0.717) is 10.7 Å². The molecule has 2 heterocycles. The van der Waals surface area contributed by atoms with E-state index in [0.717, 1.165) is 20.3 Å². The van der Waals surface area contributed by atoms with E-state index in [9.17, 15) is 0 Å². The summed E-state index contributed by atoms with van der Waals surface area (Å²) >= 11 is 8.30. The smallest absolute Gasteiger partial charge is 0.230 e. The molecule has 100 valence electrons. The van der Waals surface area contributed by atoms with Crippen LogP contribution in [0, 0.1) is 3.57 Å². The first-order valence-corrected chi connectivity index (χ1v) is 7.23. The Kier molecular flexibility index (Phi) is 3.62. The molecule has 0 saturated heterocycles. The van der Waals surface area contributed by atoms with E-state index in [1.807, 2.05) is 30.3 Å². The van der Waals surface area contributed by atoms with E-state index in [2.05, 4.69) is 32.7 Å². The van der Waals surface area contributed by atoms with Crippen LogP contribution < -0.4 is 5.73 Å². The molecule has 0 fully saturated rings. The van der Waals surface area contributed by atoms with E-state index in [4.69, 9.17) is 21.9 Å². The fraction of sp³-hybridized carbons (Fsp3) is 0. The minimum atomic E-state index is 0.267. The van der Waals surface area contributed by atoms with Crippen LogP contribution in [0.3, 0.4) is 0 Å². The molecule has 3 aromatic rings. The number of benzene rings is 1. The Morgan fingerprint density at radius 2 is 2.10 bits per heavy atom. The van der Waals surface area contributed by atoms with Crippen LogP contribution in [0.4, 0.5) is 5.88 Å². The van der Waals surface area contributed by atoms with Gasteiger partial charge in [-0.15, -0.1) is 0 Å². The molecule has 4 nitrogen and oxygen atoms in total. The van der Waals surface area contributed by atoms with Crippen molar-refractivity contribution in [3.8, 4) is 22.4 Å². The first-order valence-electron chi connectivity index (χ1n) is 5.78. The van der Waals surface area contributed by atoms with Gasteiger partial charge in [0.2, 0.25) is 5.88 Å². The Morgan fingerprint density at radius 3 is 2.85 bits per heavy atom. The average molecular weight is 398 g/mol. The first-order chi connectivity index (χ1) is 9.66. The van der Waals surface area contributed by atoms with Gasteiger partial charge in [-0.2, -0.15) is 0 Å². The highest BCUT2D eigenvalue weighted by molar-refractivity contribution is 14.1. The van der Waals surface area contributed by atoms with Crippen molar-refractivity contribution in [2.75, 3.05) is 5.73 Å². The lowest BCUT2D eigenvalue weighted by atomic mass is 10.0. The topological polar surface area (TPSA) is 64.9 Å². The fourth-order valence-electron chi connectivity index (χ4n) is 1.96. The van der Waals surface area contributed by atoms with Gasteiger partial charge in [-0.1, -0.05) is 22.8 Å². The summed E-state index contributed by atoms with van der Waals surface area (Å²) in [4.78, 5) is 4.10. The average Bonchev–Trinajstić information content (AvgIpc) is 2.84. The van der Waals surface area contributed by atoms with Crippen molar-refractivity contribution in [3.63, 3.8) is 0 Å². The van der Waals surface area contributed by atoms with Crippen LogP contribution >= 0.6 is 34.2 Å². The van der Waals surface area contributed by atoms with Crippen LogP contribution in [0.1, 0.15) is 0 Å². The van der Waals surface area contributed by atoms with Crippen molar-refractivity contribution in [2.24, 2.45) is 0 Å². The first kappa shape index (κ1) is 13.4. The molecule has 0 aliphatic heterocycles. The van der Waals surface area contributed by atoms with Gasteiger partial charge in [-0.25, -0.2) is 0 Å². The van der Waals surface area contributed by atoms with E-state index in [-0.39, 0.29) is 5.88 Å². The summed E-state index contributed by atoms with van der Waals surface area (Å²) in [7, 11) is 0. The lowest BCUT2D eigenvalue weighted by Gasteiger charge is -2.05. The van der Waals surface area contributed by atoms with Crippen molar-refractivity contribution < 1.29 is 4.52 Å². The summed E-state index contributed by atoms with van der Waals surface area (Å²) < 4.78 is 6.17. The van der Waals surface area contributed by atoms with Crippen molar-refractivity contribution in [1.82, 2.24) is 10.1 Å². The van der Waals surface area contributed by atoms with Crippen molar-refractivity contribution in [3.05, 3.63) is 51.3 Å². The molecule has 2 aromatic heterocycles. The fourth-order valence-corrected chi connectivity index (χ4v) is 2.72. The number of nitrogen functional groups attached to an aromatic ring is 1. The lowest BCUT2D eigenvalue weighted by molar-refractivity contribution is 0.439. The van der Waals surface area contributed by atoms with Crippen LogP contribution in [-0.2, 0) is 0 Å². The second kappa shape index (κ2) is 5.41.